The van der Waals surface area contributed by atoms with Crippen molar-refractivity contribution in [3.63, 3.8) is 0 Å². The molecule has 2 unspecified atom stereocenters. The number of anilines is 1. The first-order valence-electron chi connectivity index (χ1n) is 4.57. The van der Waals surface area contributed by atoms with E-state index in [-0.39, 0.29) is 12.0 Å². The lowest BCUT2D eigenvalue weighted by Crippen LogP contribution is -2.24. The number of aromatic nitrogens is 1. The molecule has 1 N–H and O–H groups in total. The molecular formula is C10H12N2O2. The summed E-state index contributed by atoms with van der Waals surface area (Å²) in [7, 11) is 1.88. The van der Waals surface area contributed by atoms with Gasteiger partial charge in [-0.15, -0.1) is 0 Å². The molecule has 2 rings (SSSR count). The molecule has 0 saturated heterocycles. The van der Waals surface area contributed by atoms with Gasteiger partial charge in [0.05, 0.1) is 5.92 Å². The molecule has 1 heterocycles. The average Bonchev–Trinajstić information content (AvgIpc) is 2.97. The van der Waals surface area contributed by atoms with Crippen LogP contribution >= 0.6 is 0 Å². The Morgan fingerprint density at radius 2 is 2.43 bits per heavy atom. The zero-order valence-corrected chi connectivity index (χ0v) is 7.92. The summed E-state index contributed by atoms with van der Waals surface area (Å²) in [5, 5.41) is 8.77. The fraction of sp³-hybridized carbons (Fsp3) is 0.400. The van der Waals surface area contributed by atoms with E-state index in [9.17, 15) is 4.79 Å². The van der Waals surface area contributed by atoms with E-state index in [0.29, 0.717) is 0 Å². The maximum absolute atomic E-state index is 10.7. The maximum atomic E-state index is 10.7. The zero-order valence-electron chi connectivity index (χ0n) is 7.92. The van der Waals surface area contributed by atoms with Gasteiger partial charge in [0.15, 0.2) is 0 Å². The van der Waals surface area contributed by atoms with Gasteiger partial charge < -0.3 is 10.0 Å². The zero-order chi connectivity index (χ0) is 10.1. The second kappa shape index (κ2) is 3.29. The molecule has 1 fully saturated rings. The van der Waals surface area contributed by atoms with Crippen LogP contribution in [0.15, 0.2) is 24.4 Å². The van der Waals surface area contributed by atoms with Crippen LogP contribution in [-0.4, -0.2) is 29.1 Å². The van der Waals surface area contributed by atoms with E-state index < -0.39 is 5.97 Å². The van der Waals surface area contributed by atoms with Crippen LogP contribution in [-0.2, 0) is 4.79 Å². The second-order valence-corrected chi connectivity index (χ2v) is 3.55. The Kier molecular flexibility index (Phi) is 2.11. The molecule has 0 radical (unpaired) electrons. The number of pyridine rings is 1. The van der Waals surface area contributed by atoms with E-state index in [0.717, 1.165) is 12.2 Å². The lowest BCUT2D eigenvalue weighted by Gasteiger charge is -2.17. The highest BCUT2D eigenvalue weighted by Crippen LogP contribution is 2.36. The Hall–Kier alpha value is -1.58. The van der Waals surface area contributed by atoms with Crippen molar-refractivity contribution in [1.82, 2.24) is 4.98 Å². The molecule has 0 aliphatic heterocycles. The van der Waals surface area contributed by atoms with Gasteiger partial charge in [0, 0.05) is 19.3 Å². The van der Waals surface area contributed by atoms with Gasteiger partial charge in [-0.25, -0.2) is 4.98 Å². The van der Waals surface area contributed by atoms with Gasteiger partial charge in [0.2, 0.25) is 0 Å². The predicted octanol–water partition coefficient (Wildman–Crippen LogP) is 0.991. The monoisotopic (exact) mass is 192 g/mol. The van der Waals surface area contributed by atoms with E-state index in [1.54, 1.807) is 6.20 Å². The minimum Gasteiger partial charge on any atom is -0.481 e. The molecule has 2 atom stereocenters. The highest BCUT2D eigenvalue weighted by Gasteiger charge is 2.46. The van der Waals surface area contributed by atoms with Crippen LogP contribution < -0.4 is 4.90 Å². The summed E-state index contributed by atoms with van der Waals surface area (Å²) < 4.78 is 0. The molecule has 1 saturated carbocycles. The fourth-order valence-corrected chi connectivity index (χ4v) is 1.61. The maximum Gasteiger partial charge on any atom is 0.308 e. The Bertz CT molecular complexity index is 339. The highest BCUT2D eigenvalue weighted by atomic mass is 16.4. The van der Waals surface area contributed by atoms with Crippen LogP contribution in [0.1, 0.15) is 6.42 Å². The summed E-state index contributed by atoms with van der Waals surface area (Å²) in [6.45, 7) is 0. The van der Waals surface area contributed by atoms with Crippen molar-refractivity contribution >= 4 is 11.8 Å². The van der Waals surface area contributed by atoms with Gasteiger partial charge in [-0.2, -0.15) is 0 Å². The lowest BCUT2D eigenvalue weighted by atomic mass is 10.4. The summed E-state index contributed by atoms with van der Waals surface area (Å²) in [4.78, 5) is 16.8. The van der Waals surface area contributed by atoms with Gasteiger partial charge in [-0.05, 0) is 18.6 Å². The van der Waals surface area contributed by atoms with E-state index >= 15 is 0 Å². The van der Waals surface area contributed by atoms with E-state index in [4.69, 9.17) is 5.11 Å². The molecule has 0 bridgehead atoms. The van der Waals surface area contributed by atoms with Gasteiger partial charge in [0.1, 0.15) is 5.82 Å². The number of nitrogens with zero attached hydrogens (tertiary/aromatic N) is 2. The van der Waals surface area contributed by atoms with Crippen molar-refractivity contribution in [3.05, 3.63) is 24.4 Å². The number of hydrogen-bond donors (Lipinski definition) is 1. The predicted molar refractivity (Wildman–Crippen MR) is 52.2 cm³/mol. The minimum absolute atomic E-state index is 0.113. The van der Waals surface area contributed by atoms with Crippen molar-refractivity contribution in [2.75, 3.05) is 11.9 Å². The SMILES string of the molecule is CN(c1ccccn1)C1CC1C(=O)O. The van der Waals surface area contributed by atoms with E-state index in [1.807, 2.05) is 30.1 Å². The van der Waals surface area contributed by atoms with Crippen LogP contribution in [0.25, 0.3) is 0 Å². The van der Waals surface area contributed by atoms with Gasteiger partial charge in [-0.1, -0.05) is 6.07 Å². The first-order chi connectivity index (χ1) is 6.70. The Morgan fingerprint density at radius 1 is 1.64 bits per heavy atom. The number of carbonyl (C=O) groups is 1. The van der Waals surface area contributed by atoms with Gasteiger partial charge >= 0.3 is 5.97 Å². The summed E-state index contributed by atoms with van der Waals surface area (Å²) >= 11 is 0. The molecule has 4 heteroatoms. The molecule has 0 amide bonds. The highest BCUT2D eigenvalue weighted by molar-refractivity contribution is 5.75. The van der Waals surface area contributed by atoms with Crippen molar-refractivity contribution in [2.24, 2.45) is 5.92 Å². The first-order valence-corrected chi connectivity index (χ1v) is 4.57. The lowest BCUT2D eigenvalue weighted by molar-refractivity contribution is -0.138. The van der Waals surface area contributed by atoms with Crippen molar-refractivity contribution in [1.29, 1.82) is 0 Å². The molecule has 1 aromatic heterocycles. The normalized spacial score (nSPS) is 24.4. The molecule has 74 valence electrons. The summed E-state index contributed by atoms with van der Waals surface area (Å²) in [6.07, 6.45) is 2.44. The Balaban J connectivity index is 2.05. The first kappa shape index (κ1) is 8.99. The molecule has 0 spiro atoms. The number of carboxylic acids is 1. The Morgan fingerprint density at radius 3 is 2.93 bits per heavy atom. The molecule has 1 aromatic rings. The molecule has 4 nitrogen and oxygen atoms in total. The summed E-state index contributed by atoms with van der Waals surface area (Å²) in [5.74, 6) is -0.0963. The van der Waals surface area contributed by atoms with Crippen LogP contribution in [0.2, 0.25) is 0 Å². The molecule has 0 aromatic carbocycles. The number of hydrogen-bond acceptors (Lipinski definition) is 3. The average molecular weight is 192 g/mol. The number of aliphatic carboxylic acids is 1. The fourth-order valence-electron chi connectivity index (χ4n) is 1.61. The van der Waals surface area contributed by atoms with Crippen LogP contribution in [0.5, 0.6) is 0 Å². The quantitative estimate of drug-likeness (QED) is 0.776. The van der Waals surface area contributed by atoms with Crippen molar-refractivity contribution in [2.45, 2.75) is 12.5 Å². The van der Waals surface area contributed by atoms with Crippen LogP contribution in [0, 0.1) is 5.92 Å². The summed E-state index contributed by atoms with van der Waals surface area (Å²) in [5.41, 5.74) is 0. The standard InChI is InChI=1S/C10H12N2O2/c1-12(8-6-7(8)10(13)14)9-4-2-3-5-11-9/h2-5,7-8H,6H2,1H3,(H,13,14). The number of rotatable bonds is 3. The largest absolute Gasteiger partial charge is 0.481 e. The van der Waals surface area contributed by atoms with Crippen molar-refractivity contribution in [3.8, 4) is 0 Å². The minimum atomic E-state index is -0.710. The third kappa shape index (κ3) is 1.55. The third-order valence-corrected chi connectivity index (χ3v) is 2.58. The summed E-state index contributed by atoms with van der Waals surface area (Å²) in [6, 6.07) is 5.75. The molecule has 1 aliphatic rings. The smallest absolute Gasteiger partial charge is 0.308 e. The number of carboxylic acid groups (broad SMARTS) is 1. The van der Waals surface area contributed by atoms with E-state index in [2.05, 4.69) is 4.98 Å². The van der Waals surface area contributed by atoms with Crippen LogP contribution in [0.3, 0.4) is 0 Å². The van der Waals surface area contributed by atoms with E-state index in [1.165, 1.54) is 0 Å². The topological polar surface area (TPSA) is 53.4 Å². The van der Waals surface area contributed by atoms with Crippen molar-refractivity contribution < 1.29 is 9.90 Å². The van der Waals surface area contributed by atoms with Crippen LogP contribution in [0.4, 0.5) is 5.82 Å². The second-order valence-electron chi connectivity index (χ2n) is 3.55. The van der Waals surface area contributed by atoms with Gasteiger partial charge in [-0.3, -0.25) is 4.79 Å². The molecule has 1 aliphatic carbocycles. The molecule has 14 heavy (non-hydrogen) atoms. The Labute approximate surface area is 82.2 Å². The molecular weight excluding hydrogens is 180 g/mol. The van der Waals surface area contributed by atoms with Gasteiger partial charge in [0.25, 0.3) is 0 Å². The third-order valence-electron chi connectivity index (χ3n) is 2.58.